The number of nitrogens with zero attached hydrogens (tertiary/aromatic N) is 1. The molecule has 0 spiro atoms. The molecule has 1 aromatic heterocycles. The molecule has 17 heavy (non-hydrogen) atoms. The van der Waals surface area contributed by atoms with E-state index in [9.17, 15) is 0 Å². The molecule has 0 fully saturated rings. The maximum absolute atomic E-state index is 4.64. The van der Waals surface area contributed by atoms with E-state index in [1.54, 1.807) is 11.3 Å². The van der Waals surface area contributed by atoms with Crippen LogP contribution in [0.1, 0.15) is 13.3 Å². The number of benzene rings is 1. The van der Waals surface area contributed by atoms with Crippen molar-refractivity contribution in [3.8, 4) is 0 Å². The molecule has 1 aliphatic heterocycles. The van der Waals surface area contributed by atoms with Gasteiger partial charge in [0.05, 0.1) is 6.04 Å². The van der Waals surface area contributed by atoms with Gasteiger partial charge in [-0.05, 0) is 41.5 Å². The lowest BCUT2D eigenvalue weighted by Gasteiger charge is -2.04. The van der Waals surface area contributed by atoms with Gasteiger partial charge < -0.3 is 5.32 Å². The molecule has 4 heteroatoms. The highest BCUT2D eigenvalue weighted by molar-refractivity contribution is 8.14. The summed E-state index contributed by atoms with van der Waals surface area (Å²) in [7, 11) is 0. The normalized spacial score (nSPS) is 19.6. The van der Waals surface area contributed by atoms with E-state index in [-0.39, 0.29) is 0 Å². The molecule has 0 saturated carbocycles. The molecule has 1 N–H and O–H groups in total. The maximum atomic E-state index is 4.64. The van der Waals surface area contributed by atoms with Crippen LogP contribution in [-0.4, -0.2) is 17.0 Å². The van der Waals surface area contributed by atoms with Crippen molar-refractivity contribution in [3.05, 3.63) is 29.6 Å². The Labute approximate surface area is 109 Å². The van der Waals surface area contributed by atoms with E-state index >= 15 is 0 Å². The molecular formula is C13H14N2S2. The fourth-order valence-corrected chi connectivity index (χ4v) is 3.71. The van der Waals surface area contributed by atoms with Gasteiger partial charge in [0.1, 0.15) is 0 Å². The fourth-order valence-electron chi connectivity index (χ4n) is 1.86. The maximum Gasteiger partial charge on any atom is 0.161 e. The van der Waals surface area contributed by atoms with Crippen molar-refractivity contribution in [2.75, 3.05) is 11.1 Å². The van der Waals surface area contributed by atoms with E-state index in [1.807, 2.05) is 11.8 Å². The highest BCUT2D eigenvalue weighted by Crippen LogP contribution is 2.26. The second kappa shape index (κ2) is 4.70. The van der Waals surface area contributed by atoms with Gasteiger partial charge in [-0.3, -0.25) is 4.99 Å². The second-order valence-electron chi connectivity index (χ2n) is 4.11. The lowest BCUT2D eigenvalue weighted by atomic mass is 10.2. The van der Waals surface area contributed by atoms with Crippen LogP contribution < -0.4 is 5.32 Å². The molecule has 1 atom stereocenters. The molecular weight excluding hydrogens is 248 g/mol. The van der Waals surface area contributed by atoms with Crippen molar-refractivity contribution in [1.29, 1.82) is 0 Å². The number of hydrogen-bond donors (Lipinski definition) is 1. The van der Waals surface area contributed by atoms with Crippen LogP contribution in [0.3, 0.4) is 0 Å². The van der Waals surface area contributed by atoms with Crippen LogP contribution in [0, 0.1) is 0 Å². The number of rotatable bonds is 2. The first-order valence-corrected chi connectivity index (χ1v) is 7.66. The molecule has 0 radical (unpaired) electrons. The highest BCUT2D eigenvalue weighted by Gasteiger charge is 2.16. The molecule has 3 rings (SSSR count). The zero-order valence-electron chi connectivity index (χ0n) is 9.64. The number of anilines is 1. The first-order chi connectivity index (χ1) is 8.35. The average molecular weight is 262 g/mol. The number of hydrogen-bond acceptors (Lipinski definition) is 4. The third kappa shape index (κ3) is 2.33. The smallest absolute Gasteiger partial charge is 0.161 e. The molecule has 2 heterocycles. The molecule has 2 nitrogen and oxygen atoms in total. The Kier molecular flexibility index (Phi) is 3.07. The van der Waals surface area contributed by atoms with Crippen molar-refractivity contribution in [2.45, 2.75) is 19.4 Å². The SMILES string of the molecule is CCC1CSC(Nc2ccc3sccc3c2)=N1. The zero-order chi connectivity index (χ0) is 11.7. The van der Waals surface area contributed by atoms with Crippen LogP contribution in [0.25, 0.3) is 10.1 Å². The summed E-state index contributed by atoms with van der Waals surface area (Å²) in [6, 6.07) is 9.13. The molecule has 0 amide bonds. The Bertz CT molecular complexity index is 559. The van der Waals surface area contributed by atoms with Crippen molar-refractivity contribution < 1.29 is 0 Å². The quantitative estimate of drug-likeness (QED) is 0.877. The summed E-state index contributed by atoms with van der Waals surface area (Å²) in [6.45, 7) is 2.19. The van der Waals surface area contributed by atoms with Gasteiger partial charge in [0.15, 0.2) is 5.17 Å². The Hall–Kier alpha value is -1.00. The fraction of sp³-hybridized carbons (Fsp3) is 0.308. The van der Waals surface area contributed by atoms with Crippen LogP contribution >= 0.6 is 23.1 Å². The van der Waals surface area contributed by atoms with Gasteiger partial charge in [0, 0.05) is 16.1 Å². The molecule has 1 aromatic carbocycles. The first kappa shape index (κ1) is 11.1. The highest BCUT2D eigenvalue weighted by atomic mass is 32.2. The summed E-state index contributed by atoms with van der Waals surface area (Å²) in [5.41, 5.74) is 1.14. The third-order valence-electron chi connectivity index (χ3n) is 2.89. The van der Waals surface area contributed by atoms with Gasteiger partial charge in [0.2, 0.25) is 0 Å². The van der Waals surface area contributed by atoms with Crippen LogP contribution in [0.5, 0.6) is 0 Å². The predicted molar refractivity (Wildman–Crippen MR) is 79.4 cm³/mol. The Morgan fingerprint density at radius 1 is 1.41 bits per heavy atom. The molecule has 2 aromatic rings. The Balaban J connectivity index is 1.80. The van der Waals surface area contributed by atoms with Gasteiger partial charge in [-0.25, -0.2) is 0 Å². The van der Waals surface area contributed by atoms with Crippen LogP contribution in [-0.2, 0) is 0 Å². The summed E-state index contributed by atoms with van der Waals surface area (Å²) in [4.78, 5) is 4.64. The van der Waals surface area contributed by atoms with Crippen molar-refractivity contribution >= 4 is 44.0 Å². The number of amidine groups is 1. The lowest BCUT2D eigenvalue weighted by Crippen LogP contribution is -2.04. The first-order valence-electron chi connectivity index (χ1n) is 5.80. The van der Waals surface area contributed by atoms with E-state index in [0.29, 0.717) is 6.04 Å². The van der Waals surface area contributed by atoms with Crippen molar-refractivity contribution in [3.63, 3.8) is 0 Å². The lowest BCUT2D eigenvalue weighted by molar-refractivity contribution is 0.738. The van der Waals surface area contributed by atoms with Crippen molar-refractivity contribution in [2.24, 2.45) is 4.99 Å². The van der Waals surface area contributed by atoms with Gasteiger partial charge in [-0.1, -0.05) is 18.7 Å². The summed E-state index contributed by atoms with van der Waals surface area (Å²) in [6.07, 6.45) is 1.13. The van der Waals surface area contributed by atoms with Crippen molar-refractivity contribution in [1.82, 2.24) is 0 Å². The minimum Gasteiger partial charge on any atom is -0.335 e. The third-order valence-corrected chi connectivity index (χ3v) is 4.82. The molecule has 0 saturated heterocycles. The molecule has 88 valence electrons. The van der Waals surface area contributed by atoms with Gasteiger partial charge in [-0.2, -0.15) is 0 Å². The minimum atomic E-state index is 0.493. The summed E-state index contributed by atoms with van der Waals surface area (Å²) in [5, 5.41) is 7.90. The van der Waals surface area contributed by atoms with Crippen LogP contribution in [0.2, 0.25) is 0 Å². The largest absolute Gasteiger partial charge is 0.335 e. The van der Waals surface area contributed by atoms with Crippen LogP contribution in [0.15, 0.2) is 34.6 Å². The number of thioether (sulfide) groups is 1. The molecule has 1 unspecified atom stereocenters. The van der Waals surface area contributed by atoms with E-state index in [1.165, 1.54) is 10.1 Å². The minimum absolute atomic E-state index is 0.493. The number of aliphatic imine (C=N–C) groups is 1. The van der Waals surface area contributed by atoms with E-state index in [2.05, 4.69) is 46.9 Å². The van der Waals surface area contributed by atoms with E-state index in [4.69, 9.17) is 0 Å². The second-order valence-corrected chi connectivity index (χ2v) is 6.06. The molecule has 0 bridgehead atoms. The topological polar surface area (TPSA) is 24.4 Å². The predicted octanol–water partition coefficient (Wildman–Crippen LogP) is 4.19. The molecule has 0 aliphatic carbocycles. The van der Waals surface area contributed by atoms with Crippen LogP contribution in [0.4, 0.5) is 5.69 Å². The Morgan fingerprint density at radius 3 is 3.18 bits per heavy atom. The zero-order valence-corrected chi connectivity index (χ0v) is 11.3. The number of fused-ring (bicyclic) bond motifs is 1. The average Bonchev–Trinajstić information content (AvgIpc) is 2.96. The van der Waals surface area contributed by atoms with E-state index < -0.39 is 0 Å². The number of nitrogens with one attached hydrogen (secondary N) is 1. The van der Waals surface area contributed by atoms with Gasteiger partial charge in [-0.15, -0.1) is 11.3 Å². The monoisotopic (exact) mass is 262 g/mol. The Morgan fingerprint density at radius 2 is 2.35 bits per heavy atom. The summed E-state index contributed by atoms with van der Waals surface area (Å²) < 4.78 is 1.34. The summed E-state index contributed by atoms with van der Waals surface area (Å²) in [5.74, 6) is 1.11. The summed E-state index contributed by atoms with van der Waals surface area (Å²) >= 11 is 3.60. The van der Waals surface area contributed by atoms with E-state index in [0.717, 1.165) is 23.0 Å². The standard InChI is InChI=1S/C13H14N2S2/c1-2-10-8-17-13(14-10)15-11-3-4-12-9(7-11)5-6-16-12/h3-7,10H,2,8H2,1H3,(H,14,15). The number of thiophene rings is 1. The van der Waals surface area contributed by atoms with Gasteiger partial charge >= 0.3 is 0 Å². The van der Waals surface area contributed by atoms with Gasteiger partial charge in [0.25, 0.3) is 0 Å². The molecule has 1 aliphatic rings.